The number of piperazine rings is 1. The summed E-state index contributed by atoms with van der Waals surface area (Å²) in [5, 5.41) is 2.78. The van der Waals surface area contributed by atoms with E-state index >= 15 is 0 Å². The van der Waals surface area contributed by atoms with Gasteiger partial charge in [-0.25, -0.2) is 0 Å². The van der Waals surface area contributed by atoms with Crippen molar-refractivity contribution in [2.75, 3.05) is 33.7 Å². The second kappa shape index (κ2) is 7.22. The lowest BCUT2D eigenvalue weighted by Gasteiger charge is -2.32. The molecule has 1 saturated heterocycles. The molecule has 5 heteroatoms. The number of benzene rings is 1. The highest BCUT2D eigenvalue weighted by atomic mass is 16.2. The molecule has 5 nitrogen and oxygen atoms in total. The first-order valence-electron chi connectivity index (χ1n) is 7.36. The van der Waals surface area contributed by atoms with E-state index in [9.17, 15) is 9.59 Å². The second-order valence-corrected chi connectivity index (χ2v) is 5.68. The Hall–Kier alpha value is -1.88. The van der Waals surface area contributed by atoms with Crippen LogP contribution in [-0.2, 0) is 9.59 Å². The summed E-state index contributed by atoms with van der Waals surface area (Å²) < 4.78 is 0. The van der Waals surface area contributed by atoms with Gasteiger partial charge in [0.05, 0.1) is 6.54 Å². The Bertz CT molecular complexity index is 488. The monoisotopic (exact) mass is 289 g/mol. The molecule has 2 rings (SSSR count). The Morgan fingerprint density at radius 2 is 1.90 bits per heavy atom. The molecule has 0 saturated carbocycles. The number of rotatable bonds is 6. The van der Waals surface area contributed by atoms with Crippen molar-refractivity contribution < 1.29 is 9.59 Å². The lowest BCUT2D eigenvalue weighted by atomic mass is 10.0. The van der Waals surface area contributed by atoms with E-state index in [1.807, 2.05) is 44.4 Å². The van der Waals surface area contributed by atoms with Crippen molar-refractivity contribution in [3.63, 3.8) is 0 Å². The van der Waals surface area contributed by atoms with Crippen LogP contribution in [0.15, 0.2) is 30.3 Å². The first kappa shape index (κ1) is 15.5. The van der Waals surface area contributed by atoms with Gasteiger partial charge in [0.1, 0.15) is 6.04 Å². The average molecular weight is 289 g/mol. The molecular formula is C16H23N3O2. The molecule has 1 aliphatic heterocycles. The summed E-state index contributed by atoms with van der Waals surface area (Å²) >= 11 is 0. The standard InChI is InChI=1S/C16H23N3O2/c1-18(2)10-6-7-11-19-12-14(20)17-15(16(19)21)13-8-4-3-5-9-13/h3-5,8-9,15H,6-7,10-12H2,1-2H3,(H,17,20). The lowest BCUT2D eigenvalue weighted by molar-refractivity contribution is -0.144. The number of nitrogens with one attached hydrogen (secondary N) is 1. The Morgan fingerprint density at radius 3 is 2.57 bits per heavy atom. The molecule has 1 atom stereocenters. The van der Waals surface area contributed by atoms with Gasteiger partial charge in [0, 0.05) is 6.54 Å². The number of amides is 2. The predicted molar refractivity (Wildman–Crippen MR) is 81.7 cm³/mol. The summed E-state index contributed by atoms with van der Waals surface area (Å²) in [6.07, 6.45) is 1.94. The van der Waals surface area contributed by atoms with Gasteiger partial charge in [-0.05, 0) is 39.0 Å². The highest BCUT2D eigenvalue weighted by molar-refractivity contribution is 5.95. The predicted octanol–water partition coefficient (Wildman–Crippen LogP) is 1.03. The van der Waals surface area contributed by atoms with Gasteiger partial charge >= 0.3 is 0 Å². The van der Waals surface area contributed by atoms with Gasteiger partial charge in [-0.15, -0.1) is 0 Å². The van der Waals surface area contributed by atoms with Gasteiger partial charge in [0.15, 0.2) is 0 Å². The van der Waals surface area contributed by atoms with Crippen molar-refractivity contribution in [2.45, 2.75) is 18.9 Å². The quantitative estimate of drug-likeness (QED) is 0.796. The molecule has 1 fully saturated rings. The Morgan fingerprint density at radius 1 is 1.19 bits per heavy atom. The molecule has 1 heterocycles. The van der Waals surface area contributed by atoms with E-state index in [4.69, 9.17) is 0 Å². The fourth-order valence-corrected chi connectivity index (χ4v) is 2.49. The summed E-state index contributed by atoms with van der Waals surface area (Å²) in [6, 6.07) is 8.87. The zero-order valence-corrected chi connectivity index (χ0v) is 12.7. The third-order valence-electron chi connectivity index (χ3n) is 3.61. The maximum atomic E-state index is 12.5. The molecule has 0 spiro atoms. The highest BCUT2D eigenvalue weighted by Gasteiger charge is 2.33. The van der Waals surface area contributed by atoms with Gasteiger partial charge in [-0.1, -0.05) is 30.3 Å². The SMILES string of the molecule is CN(C)CCCCN1CC(=O)NC(c2ccccc2)C1=O. The van der Waals surface area contributed by atoms with E-state index in [0.717, 1.165) is 24.9 Å². The molecule has 1 aromatic carbocycles. The summed E-state index contributed by atoms with van der Waals surface area (Å²) in [4.78, 5) is 28.1. The van der Waals surface area contributed by atoms with Crippen LogP contribution in [0.2, 0.25) is 0 Å². The molecule has 1 unspecified atom stereocenters. The molecule has 0 radical (unpaired) electrons. The molecule has 1 aliphatic rings. The van der Waals surface area contributed by atoms with Crippen LogP contribution in [0, 0.1) is 0 Å². The number of unbranched alkanes of at least 4 members (excludes halogenated alkanes) is 1. The van der Waals surface area contributed by atoms with E-state index in [0.29, 0.717) is 6.54 Å². The van der Waals surface area contributed by atoms with Gasteiger partial charge < -0.3 is 15.1 Å². The van der Waals surface area contributed by atoms with Crippen LogP contribution in [0.4, 0.5) is 0 Å². The minimum Gasteiger partial charge on any atom is -0.339 e. The third kappa shape index (κ3) is 4.29. The van der Waals surface area contributed by atoms with E-state index in [2.05, 4.69) is 10.2 Å². The Labute approximate surface area is 125 Å². The zero-order valence-electron chi connectivity index (χ0n) is 12.7. The second-order valence-electron chi connectivity index (χ2n) is 5.68. The van der Waals surface area contributed by atoms with Crippen molar-refractivity contribution in [3.05, 3.63) is 35.9 Å². The lowest BCUT2D eigenvalue weighted by Crippen LogP contribution is -2.53. The van der Waals surface area contributed by atoms with Crippen molar-refractivity contribution in [2.24, 2.45) is 0 Å². The third-order valence-corrected chi connectivity index (χ3v) is 3.61. The molecular weight excluding hydrogens is 266 g/mol. The van der Waals surface area contributed by atoms with E-state index in [-0.39, 0.29) is 18.4 Å². The van der Waals surface area contributed by atoms with E-state index < -0.39 is 6.04 Å². The zero-order chi connectivity index (χ0) is 15.2. The van der Waals surface area contributed by atoms with Gasteiger partial charge in [-0.3, -0.25) is 9.59 Å². The van der Waals surface area contributed by atoms with Crippen LogP contribution in [0.5, 0.6) is 0 Å². The van der Waals surface area contributed by atoms with Gasteiger partial charge in [0.25, 0.3) is 0 Å². The van der Waals surface area contributed by atoms with Crippen LogP contribution in [0.3, 0.4) is 0 Å². The summed E-state index contributed by atoms with van der Waals surface area (Å²) in [5.74, 6) is -0.0956. The van der Waals surface area contributed by atoms with Crippen molar-refractivity contribution in [3.8, 4) is 0 Å². The average Bonchev–Trinajstić information content (AvgIpc) is 2.47. The summed E-state index contributed by atoms with van der Waals surface area (Å²) in [7, 11) is 4.07. The number of hydrogen-bond donors (Lipinski definition) is 1. The van der Waals surface area contributed by atoms with Gasteiger partial charge in [0.2, 0.25) is 11.8 Å². The number of carbonyl (C=O) groups excluding carboxylic acids is 2. The first-order chi connectivity index (χ1) is 10.1. The molecule has 0 aliphatic carbocycles. The fraction of sp³-hybridized carbons (Fsp3) is 0.500. The van der Waals surface area contributed by atoms with Crippen molar-refractivity contribution in [1.29, 1.82) is 0 Å². The van der Waals surface area contributed by atoms with Crippen LogP contribution in [-0.4, -0.2) is 55.3 Å². The van der Waals surface area contributed by atoms with E-state index in [1.54, 1.807) is 4.90 Å². The molecule has 1 aromatic rings. The smallest absolute Gasteiger partial charge is 0.250 e. The minimum atomic E-state index is -0.540. The molecule has 1 N–H and O–H groups in total. The molecule has 0 aromatic heterocycles. The minimum absolute atomic E-state index is 0.00865. The molecule has 0 bridgehead atoms. The fourth-order valence-electron chi connectivity index (χ4n) is 2.49. The summed E-state index contributed by atoms with van der Waals surface area (Å²) in [5.41, 5.74) is 0.842. The highest BCUT2D eigenvalue weighted by Crippen LogP contribution is 2.19. The van der Waals surface area contributed by atoms with Crippen molar-refractivity contribution in [1.82, 2.24) is 15.1 Å². The van der Waals surface area contributed by atoms with Gasteiger partial charge in [-0.2, -0.15) is 0 Å². The topological polar surface area (TPSA) is 52.6 Å². The normalized spacial score (nSPS) is 19.0. The van der Waals surface area contributed by atoms with E-state index in [1.165, 1.54) is 0 Å². The Kier molecular flexibility index (Phi) is 5.33. The largest absolute Gasteiger partial charge is 0.339 e. The molecule has 2 amide bonds. The van der Waals surface area contributed by atoms with Crippen LogP contribution in [0.1, 0.15) is 24.4 Å². The van der Waals surface area contributed by atoms with Crippen molar-refractivity contribution >= 4 is 11.8 Å². The van der Waals surface area contributed by atoms with Crippen LogP contribution >= 0.6 is 0 Å². The van der Waals surface area contributed by atoms with Crippen LogP contribution < -0.4 is 5.32 Å². The Balaban J connectivity index is 1.96. The number of nitrogens with zero attached hydrogens (tertiary/aromatic N) is 2. The van der Waals surface area contributed by atoms with Crippen LogP contribution in [0.25, 0.3) is 0 Å². The maximum absolute atomic E-state index is 12.5. The summed E-state index contributed by atoms with van der Waals surface area (Å²) in [6.45, 7) is 1.81. The number of carbonyl (C=O) groups is 2. The molecule has 114 valence electrons. The number of hydrogen-bond acceptors (Lipinski definition) is 3. The molecule has 21 heavy (non-hydrogen) atoms. The maximum Gasteiger partial charge on any atom is 0.250 e. The first-order valence-corrected chi connectivity index (χ1v) is 7.36.